The van der Waals surface area contributed by atoms with Crippen molar-refractivity contribution in [1.29, 1.82) is 5.26 Å². The number of nitrogens with one attached hydrogen (secondary N) is 1. The molecule has 0 fully saturated rings. The van der Waals surface area contributed by atoms with Gasteiger partial charge in [0.15, 0.2) is 0 Å². The molecule has 0 aliphatic carbocycles. The van der Waals surface area contributed by atoms with Crippen molar-refractivity contribution >= 4 is 11.7 Å². The van der Waals surface area contributed by atoms with E-state index in [9.17, 15) is 8.78 Å². The molecule has 4 aromatic rings. The zero-order valence-electron chi connectivity index (χ0n) is 15.2. The summed E-state index contributed by atoms with van der Waals surface area (Å²) >= 11 is 0. The van der Waals surface area contributed by atoms with E-state index in [2.05, 4.69) is 10.3 Å². The van der Waals surface area contributed by atoms with E-state index in [-0.39, 0.29) is 18.0 Å². The summed E-state index contributed by atoms with van der Waals surface area (Å²) in [5.41, 5.74) is 2.36. The molecule has 1 N–H and O–H groups in total. The van der Waals surface area contributed by atoms with Gasteiger partial charge in [-0.05, 0) is 47.5 Å². The highest BCUT2D eigenvalue weighted by molar-refractivity contribution is 5.64. The van der Waals surface area contributed by atoms with Gasteiger partial charge in [-0.15, -0.1) is 0 Å². The van der Waals surface area contributed by atoms with Crippen LogP contribution in [0, 0.1) is 23.0 Å². The van der Waals surface area contributed by atoms with E-state index < -0.39 is 11.6 Å². The average molecular weight is 387 g/mol. The van der Waals surface area contributed by atoms with Gasteiger partial charge in [0.2, 0.25) is 0 Å². The van der Waals surface area contributed by atoms with Gasteiger partial charge in [-0.25, -0.2) is 13.8 Å². The lowest BCUT2D eigenvalue weighted by Crippen LogP contribution is -1.98. The molecule has 142 valence electrons. The summed E-state index contributed by atoms with van der Waals surface area (Å²) in [4.78, 5) is 4.09. The van der Waals surface area contributed by atoms with Crippen LogP contribution in [0.25, 0.3) is 11.1 Å². The molecule has 0 saturated heterocycles. The molecule has 0 radical (unpaired) electrons. The lowest BCUT2D eigenvalue weighted by molar-refractivity contribution is 0.511. The highest BCUT2D eigenvalue weighted by atomic mass is 19.1. The molecule has 0 atom stereocenters. The van der Waals surface area contributed by atoms with Crippen molar-refractivity contribution in [1.82, 2.24) is 4.98 Å². The van der Waals surface area contributed by atoms with E-state index in [0.717, 1.165) is 5.56 Å². The minimum absolute atomic E-state index is 0.0607. The molecule has 0 aliphatic heterocycles. The van der Waals surface area contributed by atoms with Gasteiger partial charge in [0.25, 0.3) is 6.01 Å². The summed E-state index contributed by atoms with van der Waals surface area (Å²) in [6.07, 6.45) is 1.37. The summed E-state index contributed by atoms with van der Waals surface area (Å²) < 4.78 is 34.7. The van der Waals surface area contributed by atoms with Gasteiger partial charge in [0, 0.05) is 17.7 Å². The Bertz CT molecular complexity index is 1160. The van der Waals surface area contributed by atoms with Gasteiger partial charge in [-0.1, -0.05) is 30.3 Å². The first-order chi connectivity index (χ1) is 14.1. The predicted molar refractivity (Wildman–Crippen MR) is 106 cm³/mol. The van der Waals surface area contributed by atoms with Gasteiger partial charge in [-0.3, -0.25) is 0 Å². The molecule has 0 amide bonds. The van der Waals surface area contributed by atoms with Gasteiger partial charge in [0.1, 0.15) is 17.4 Å². The molecule has 4 nitrogen and oxygen atoms in total. The van der Waals surface area contributed by atoms with E-state index in [1.165, 1.54) is 18.3 Å². The predicted octanol–water partition coefficient (Wildman–Crippen LogP) is 5.83. The van der Waals surface area contributed by atoms with Crippen LogP contribution in [0.5, 0.6) is 0 Å². The first-order valence-electron chi connectivity index (χ1n) is 8.87. The highest BCUT2D eigenvalue weighted by Gasteiger charge is 2.15. The minimum Gasteiger partial charge on any atom is -0.428 e. The molecule has 0 unspecified atom stereocenters. The van der Waals surface area contributed by atoms with Crippen molar-refractivity contribution in [3.63, 3.8) is 0 Å². The molecular formula is C23H15F2N3O. The van der Waals surface area contributed by atoms with E-state index >= 15 is 0 Å². The maximum absolute atomic E-state index is 14.6. The molecule has 0 bridgehead atoms. The van der Waals surface area contributed by atoms with Crippen molar-refractivity contribution in [3.05, 3.63) is 101 Å². The lowest BCUT2D eigenvalue weighted by atomic mass is 10.0. The number of halogens is 2. The third-order valence-electron chi connectivity index (χ3n) is 4.42. The monoisotopic (exact) mass is 387 g/mol. The van der Waals surface area contributed by atoms with Gasteiger partial charge < -0.3 is 9.73 Å². The normalized spacial score (nSPS) is 10.5. The Morgan fingerprint density at radius 2 is 1.62 bits per heavy atom. The lowest BCUT2D eigenvalue weighted by Gasteiger charge is -2.07. The maximum atomic E-state index is 14.6. The minimum atomic E-state index is -0.637. The van der Waals surface area contributed by atoms with Crippen LogP contribution >= 0.6 is 0 Å². The van der Waals surface area contributed by atoms with Crippen LogP contribution in [0.2, 0.25) is 0 Å². The molecule has 4 rings (SSSR count). The zero-order valence-corrected chi connectivity index (χ0v) is 15.2. The molecule has 0 saturated carbocycles. The fraction of sp³-hybridized carbons (Fsp3) is 0.0435. The number of rotatable bonds is 5. The zero-order chi connectivity index (χ0) is 20.2. The smallest absolute Gasteiger partial charge is 0.299 e. The molecule has 29 heavy (non-hydrogen) atoms. The largest absolute Gasteiger partial charge is 0.428 e. The van der Waals surface area contributed by atoms with Crippen LogP contribution in [-0.4, -0.2) is 4.98 Å². The van der Waals surface area contributed by atoms with E-state index in [1.807, 2.05) is 24.3 Å². The third-order valence-corrected chi connectivity index (χ3v) is 4.42. The van der Waals surface area contributed by atoms with Crippen molar-refractivity contribution < 1.29 is 13.2 Å². The number of hydrogen-bond donors (Lipinski definition) is 1. The highest BCUT2D eigenvalue weighted by Crippen LogP contribution is 2.27. The second-order valence-corrected chi connectivity index (χ2v) is 6.41. The van der Waals surface area contributed by atoms with Crippen molar-refractivity contribution in [2.75, 3.05) is 5.32 Å². The van der Waals surface area contributed by atoms with Gasteiger partial charge in [-0.2, -0.15) is 5.26 Å². The molecule has 0 aliphatic rings. The summed E-state index contributed by atoms with van der Waals surface area (Å²) in [5.74, 6) is -0.949. The number of oxazole rings is 1. The Balaban J connectivity index is 1.52. The number of benzene rings is 3. The Kier molecular flexibility index (Phi) is 5.04. The standard InChI is InChI=1S/C23H15F2N3O/c24-21-10-17(16-4-2-1-3-5-16)11-22(25)20(21)12-19-14-27-23(29-19)28-18-8-6-15(13-26)7-9-18/h1-11,14H,12H2,(H,27,28). The fourth-order valence-electron chi connectivity index (χ4n) is 2.94. The summed E-state index contributed by atoms with van der Waals surface area (Å²) in [5, 5.41) is 11.8. The van der Waals surface area contributed by atoms with Crippen LogP contribution in [-0.2, 0) is 6.42 Å². The number of aromatic nitrogens is 1. The van der Waals surface area contributed by atoms with Crippen LogP contribution < -0.4 is 5.32 Å². The summed E-state index contributed by atoms with van der Waals surface area (Å²) in [6.45, 7) is 0. The Morgan fingerprint density at radius 1 is 0.931 bits per heavy atom. The second-order valence-electron chi connectivity index (χ2n) is 6.41. The molecule has 3 aromatic carbocycles. The van der Waals surface area contributed by atoms with E-state index in [4.69, 9.17) is 9.68 Å². The molecule has 0 spiro atoms. The van der Waals surface area contributed by atoms with Crippen LogP contribution in [0.1, 0.15) is 16.9 Å². The number of hydrogen-bond acceptors (Lipinski definition) is 4. The molecular weight excluding hydrogens is 372 g/mol. The number of nitrogens with zero attached hydrogens (tertiary/aromatic N) is 2. The second kappa shape index (κ2) is 7.95. The molecule has 1 heterocycles. The van der Waals surface area contributed by atoms with Crippen LogP contribution in [0.3, 0.4) is 0 Å². The van der Waals surface area contributed by atoms with Crippen molar-refractivity contribution in [2.24, 2.45) is 0 Å². The molecule has 6 heteroatoms. The number of anilines is 2. The van der Waals surface area contributed by atoms with Crippen LogP contribution in [0.4, 0.5) is 20.5 Å². The summed E-state index contributed by atoms with van der Waals surface area (Å²) in [6, 6.07) is 20.7. The first kappa shape index (κ1) is 18.4. The Hall–Kier alpha value is -3.98. The SMILES string of the molecule is N#Cc1ccc(Nc2ncc(Cc3c(F)cc(-c4ccccc4)cc3F)o2)cc1. The average Bonchev–Trinajstić information content (AvgIpc) is 3.19. The Morgan fingerprint density at radius 3 is 2.28 bits per heavy atom. The van der Waals surface area contributed by atoms with Crippen LogP contribution in [0.15, 0.2) is 77.3 Å². The first-order valence-corrected chi connectivity index (χ1v) is 8.87. The number of nitriles is 1. The van der Waals surface area contributed by atoms with E-state index in [0.29, 0.717) is 22.6 Å². The van der Waals surface area contributed by atoms with Gasteiger partial charge in [0.05, 0.1) is 17.8 Å². The van der Waals surface area contributed by atoms with Gasteiger partial charge >= 0.3 is 0 Å². The third kappa shape index (κ3) is 4.14. The summed E-state index contributed by atoms with van der Waals surface area (Å²) in [7, 11) is 0. The molecule has 1 aromatic heterocycles. The fourth-order valence-corrected chi connectivity index (χ4v) is 2.94. The van der Waals surface area contributed by atoms with Crippen molar-refractivity contribution in [3.8, 4) is 17.2 Å². The quantitative estimate of drug-likeness (QED) is 0.468. The topological polar surface area (TPSA) is 61.9 Å². The maximum Gasteiger partial charge on any atom is 0.299 e. The van der Waals surface area contributed by atoms with Crippen molar-refractivity contribution in [2.45, 2.75) is 6.42 Å². The van der Waals surface area contributed by atoms with E-state index in [1.54, 1.807) is 36.4 Å². The Labute approximate surface area is 166 Å².